The van der Waals surface area contributed by atoms with Crippen LogP contribution >= 0.6 is 34.8 Å². The van der Waals surface area contributed by atoms with E-state index in [9.17, 15) is 4.79 Å². The number of halogens is 3. The first-order valence-corrected chi connectivity index (χ1v) is 9.19. The molecule has 0 aliphatic carbocycles. The Morgan fingerprint density at radius 2 is 2.00 bits per heavy atom. The molecule has 2 heterocycles. The highest BCUT2D eigenvalue weighted by molar-refractivity contribution is 6.41. The van der Waals surface area contributed by atoms with E-state index in [2.05, 4.69) is 10.4 Å². The smallest absolute Gasteiger partial charge is 0.291 e. The van der Waals surface area contributed by atoms with E-state index in [1.54, 1.807) is 24.5 Å². The van der Waals surface area contributed by atoms with Crippen LogP contribution in [0.5, 0.6) is 0 Å². The van der Waals surface area contributed by atoms with Crippen molar-refractivity contribution >= 4 is 40.5 Å². The summed E-state index contributed by atoms with van der Waals surface area (Å²) < 4.78 is 6.65. The van der Waals surface area contributed by atoms with Crippen molar-refractivity contribution < 1.29 is 4.42 Å². The Bertz CT molecular complexity index is 987. The zero-order chi connectivity index (χ0) is 19.6. The van der Waals surface area contributed by atoms with Crippen molar-refractivity contribution in [2.75, 3.05) is 26.0 Å². The topological polar surface area (TPSA) is 63.3 Å². The Kier molecular flexibility index (Phi) is 6.11. The summed E-state index contributed by atoms with van der Waals surface area (Å²) in [6, 6.07) is 8.97. The molecule has 0 amide bonds. The number of nitrogens with one attached hydrogen (secondary N) is 1. The van der Waals surface area contributed by atoms with Crippen LogP contribution in [0.4, 0.5) is 5.69 Å². The fourth-order valence-electron chi connectivity index (χ4n) is 2.60. The van der Waals surface area contributed by atoms with E-state index in [1.165, 1.54) is 6.20 Å². The maximum atomic E-state index is 12.2. The predicted molar refractivity (Wildman–Crippen MR) is 108 cm³/mol. The molecular formula is C18H17Cl3N4O2. The lowest BCUT2D eigenvalue weighted by Gasteiger charge is -2.23. The molecule has 2 aromatic heterocycles. The average Bonchev–Trinajstić information content (AvgIpc) is 3.15. The second-order valence-corrected chi connectivity index (χ2v) is 7.26. The maximum absolute atomic E-state index is 12.2. The van der Waals surface area contributed by atoms with Crippen molar-refractivity contribution in [3.8, 4) is 5.69 Å². The summed E-state index contributed by atoms with van der Waals surface area (Å²) >= 11 is 18.1. The third-order valence-electron chi connectivity index (χ3n) is 4.05. The number of furan rings is 1. The highest BCUT2D eigenvalue weighted by atomic mass is 35.5. The summed E-state index contributed by atoms with van der Waals surface area (Å²) in [5.74, 6) is 0.854. The van der Waals surface area contributed by atoms with Gasteiger partial charge in [0.1, 0.15) is 10.8 Å². The predicted octanol–water partition coefficient (Wildman–Crippen LogP) is 4.50. The highest BCUT2D eigenvalue weighted by Gasteiger charge is 2.17. The Labute approximate surface area is 171 Å². The van der Waals surface area contributed by atoms with Gasteiger partial charge in [-0.15, -0.1) is 0 Å². The van der Waals surface area contributed by atoms with Crippen molar-refractivity contribution in [3.63, 3.8) is 0 Å². The lowest BCUT2D eigenvalue weighted by molar-refractivity contribution is 0.269. The van der Waals surface area contributed by atoms with Crippen molar-refractivity contribution in [2.24, 2.45) is 0 Å². The van der Waals surface area contributed by atoms with Crippen LogP contribution in [-0.4, -0.2) is 35.3 Å². The molecule has 1 N–H and O–H groups in total. The van der Waals surface area contributed by atoms with Gasteiger partial charge >= 0.3 is 0 Å². The van der Waals surface area contributed by atoms with E-state index < -0.39 is 5.56 Å². The van der Waals surface area contributed by atoms with Gasteiger partial charge in [0.05, 0.1) is 39.9 Å². The first kappa shape index (κ1) is 19.8. The summed E-state index contributed by atoms with van der Waals surface area (Å²) in [6.45, 7) is 0.588. The number of anilines is 1. The third-order valence-corrected chi connectivity index (χ3v) is 5.12. The van der Waals surface area contributed by atoms with Crippen molar-refractivity contribution in [2.45, 2.75) is 6.04 Å². The van der Waals surface area contributed by atoms with Crippen LogP contribution in [0.25, 0.3) is 5.69 Å². The Hall–Kier alpha value is -1.99. The zero-order valence-electron chi connectivity index (χ0n) is 14.6. The van der Waals surface area contributed by atoms with E-state index in [1.807, 2.05) is 31.1 Å². The van der Waals surface area contributed by atoms with Crippen LogP contribution in [0.1, 0.15) is 11.8 Å². The van der Waals surface area contributed by atoms with Crippen molar-refractivity contribution in [1.82, 2.24) is 14.7 Å². The molecular weight excluding hydrogens is 411 g/mol. The Balaban J connectivity index is 1.81. The van der Waals surface area contributed by atoms with Crippen LogP contribution in [0, 0.1) is 0 Å². The first-order valence-electron chi connectivity index (χ1n) is 8.05. The van der Waals surface area contributed by atoms with Gasteiger partial charge in [-0.2, -0.15) is 9.78 Å². The molecule has 3 aromatic rings. The molecule has 0 aliphatic heterocycles. The van der Waals surface area contributed by atoms with Gasteiger partial charge in [-0.25, -0.2) is 0 Å². The quantitative estimate of drug-likeness (QED) is 0.627. The fourth-order valence-corrected chi connectivity index (χ4v) is 3.10. The summed E-state index contributed by atoms with van der Waals surface area (Å²) in [5, 5.41) is 7.78. The molecule has 3 rings (SSSR count). The number of benzene rings is 1. The molecule has 142 valence electrons. The van der Waals surface area contributed by atoms with Gasteiger partial charge in [0.15, 0.2) is 0 Å². The standard InChI is InChI=1S/C18H17Cl3N4O2/c1-24(2)15(16-4-3-7-27-16)10-22-14-6-5-11(8-12(14)19)25-18(26)17(21)13(20)9-23-25/h3-9,15,22H,10H2,1-2H3. The number of hydrogen-bond donors (Lipinski definition) is 1. The summed E-state index contributed by atoms with van der Waals surface area (Å²) in [7, 11) is 3.95. The SMILES string of the molecule is CN(C)C(CNc1ccc(-n2ncc(Cl)c(Cl)c2=O)cc1Cl)c1ccco1. The molecule has 0 saturated carbocycles. The minimum absolute atomic E-state index is 0.0371. The van der Waals surface area contributed by atoms with Gasteiger partial charge in [0.2, 0.25) is 0 Å². The Morgan fingerprint density at radius 3 is 2.63 bits per heavy atom. The largest absolute Gasteiger partial charge is 0.468 e. The molecule has 0 spiro atoms. The number of aromatic nitrogens is 2. The van der Waals surface area contributed by atoms with Gasteiger partial charge < -0.3 is 9.73 Å². The van der Waals surface area contributed by atoms with Gasteiger partial charge in [0, 0.05) is 6.54 Å². The van der Waals surface area contributed by atoms with Crippen LogP contribution in [0.15, 0.2) is 52.0 Å². The minimum atomic E-state index is -0.508. The number of nitrogens with zero attached hydrogens (tertiary/aromatic N) is 3. The molecule has 1 unspecified atom stereocenters. The molecule has 1 aromatic carbocycles. The van der Waals surface area contributed by atoms with Gasteiger partial charge in [-0.3, -0.25) is 9.69 Å². The number of rotatable bonds is 6. The molecule has 27 heavy (non-hydrogen) atoms. The summed E-state index contributed by atoms with van der Waals surface area (Å²) in [6.07, 6.45) is 2.96. The Morgan fingerprint density at radius 1 is 1.22 bits per heavy atom. The molecule has 0 fully saturated rings. The second-order valence-electron chi connectivity index (χ2n) is 6.06. The van der Waals surface area contributed by atoms with Crippen LogP contribution < -0.4 is 10.9 Å². The number of hydrogen-bond acceptors (Lipinski definition) is 5. The van der Waals surface area contributed by atoms with Crippen molar-refractivity contribution in [1.29, 1.82) is 0 Å². The molecule has 6 nitrogen and oxygen atoms in total. The van der Waals surface area contributed by atoms with Crippen LogP contribution in [0.2, 0.25) is 15.1 Å². The van der Waals surface area contributed by atoms with Crippen LogP contribution in [-0.2, 0) is 0 Å². The lowest BCUT2D eigenvalue weighted by atomic mass is 10.2. The van der Waals surface area contributed by atoms with Gasteiger partial charge in [-0.05, 0) is 44.4 Å². The van der Waals surface area contributed by atoms with E-state index in [0.717, 1.165) is 16.1 Å². The molecule has 9 heteroatoms. The van der Waals surface area contributed by atoms with E-state index in [-0.39, 0.29) is 16.1 Å². The molecule has 0 saturated heterocycles. The molecule has 0 radical (unpaired) electrons. The van der Waals surface area contributed by atoms with E-state index in [0.29, 0.717) is 17.3 Å². The average molecular weight is 428 g/mol. The molecule has 0 bridgehead atoms. The lowest BCUT2D eigenvalue weighted by Crippen LogP contribution is -2.26. The van der Waals surface area contributed by atoms with Crippen LogP contribution in [0.3, 0.4) is 0 Å². The molecule has 0 aliphatic rings. The fraction of sp³-hybridized carbons (Fsp3) is 0.222. The monoisotopic (exact) mass is 426 g/mol. The summed E-state index contributed by atoms with van der Waals surface area (Å²) in [5.41, 5.74) is 0.711. The molecule has 1 atom stereocenters. The highest BCUT2D eigenvalue weighted by Crippen LogP contribution is 2.27. The maximum Gasteiger partial charge on any atom is 0.291 e. The zero-order valence-corrected chi connectivity index (χ0v) is 16.9. The number of likely N-dealkylation sites (N-methyl/N-ethyl adjacent to an activating group) is 1. The normalized spacial score (nSPS) is 12.4. The van der Waals surface area contributed by atoms with Gasteiger partial charge in [-0.1, -0.05) is 34.8 Å². The summed E-state index contributed by atoms with van der Waals surface area (Å²) in [4.78, 5) is 14.3. The second kappa shape index (κ2) is 8.35. The van der Waals surface area contributed by atoms with E-state index in [4.69, 9.17) is 39.2 Å². The van der Waals surface area contributed by atoms with Crippen molar-refractivity contribution in [3.05, 3.63) is 74.0 Å². The third kappa shape index (κ3) is 4.30. The van der Waals surface area contributed by atoms with E-state index >= 15 is 0 Å². The van der Waals surface area contributed by atoms with Gasteiger partial charge in [0.25, 0.3) is 5.56 Å². The first-order chi connectivity index (χ1) is 12.9. The minimum Gasteiger partial charge on any atom is -0.468 e.